The number of carbonyl (C=O) groups excluding carboxylic acids is 3. The van der Waals surface area contributed by atoms with Gasteiger partial charge >= 0.3 is 5.97 Å². The molecule has 4 rings (SSSR count). The summed E-state index contributed by atoms with van der Waals surface area (Å²) in [4.78, 5) is 53.4. The van der Waals surface area contributed by atoms with Crippen LogP contribution in [0.4, 0.5) is 5.69 Å². The quantitative estimate of drug-likeness (QED) is 0.199. The van der Waals surface area contributed by atoms with Gasteiger partial charge in [-0.15, -0.1) is 0 Å². The molecule has 1 saturated heterocycles. The maximum Gasteiger partial charge on any atom is 0.356 e. The Kier molecular flexibility index (Phi) is 8.50. The Balaban J connectivity index is 1.72. The Bertz CT molecular complexity index is 1400. The van der Waals surface area contributed by atoms with E-state index in [1.807, 2.05) is 13.8 Å². The van der Waals surface area contributed by atoms with Gasteiger partial charge in [-0.2, -0.15) is 0 Å². The minimum absolute atomic E-state index is 0.115. The molecule has 11 nitrogen and oxygen atoms in total. The lowest BCUT2D eigenvalue weighted by Gasteiger charge is -2.46. The molecule has 212 valence electrons. The van der Waals surface area contributed by atoms with Crippen LogP contribution in [0.15, 0.2) is 64.0 Å². The first-order chi connectivity index (χ1) is 19.0. The SMILES string of the molecule is CCN(CC)C(=O)c1ccccc1S(=O)C1=C(C(=O)OCc2ccc([N+](=O)[O-])cc2)N2C(=O)C(C(C)O)[C@H]2C1C. The standard InChI is InChI=1S/C28H31N3O8S/c1-5-29(6-2)26(33)20-9-7-8-10-21(20)40(38)25-16(3)23-22(17(4)32)27(34)30(23)24(25)28(35)39-15-18-11-13-19(14-12-18)31(36)37/h7-14,16-17,22-23,32H,5-6,15H2,1-4H3/t16?,17?,22?,23-,40?/m1/s1. The van der Waals surface area contributed by atoms with Gasteiger partial charge in [0.1, 0.15) is 12.3 Å². The van der Waals surface area contributed by atoms with Crippen LogP contribution in [-0.2, 0) is 31.7 Å². The van der Waals surface area contributed by atoms with Crippen molar-refractivity contribution < 1.29 is 33.4 Å². The highest BCUT2D eigenvalue weighted by atomic mass is 32.2. The predicted molar refractivity (Wildman–Crippen MR) is 145 cm³/mol. The van der Waals surface area contributed by atoms with Crippen LogP contribution in [0.5, 0.6) is 0 Å². The highest BCUT2D eigenvalue weighted by Gasteiger charge is 2.61. The van der Waals surface area contributed by atoms with Gasteiger partial charge in [-0.05, 0) is 50.6 Å². The van der Waals surface area contributed by atoms with Gasteiger partial charge in [0.15, 0.2) is 0 Å². The molecule has 2 aliphatic heterocycles. The first-order valence-electron chi connectivity index (χ1n) is 13.0. The van der Waals surface area contributed by atoms with Crippen LogP contribution in [-0.4, -0.2) is 67.1 Å². The van der Waals surface area contributed by atoms with E-state index in [2.05, 4.69) is 0 Å². The molecule has 1 fully saturated rings. The summed E-state index contributed by atoms with van der Waals surface area (Å²) >= 11 is 0. The zero-order chi connectivity index (χ0) is 29.3. The molecule has 2 aromatic rings. The highest BCUT2D eigenvalue weighted by molar-refractivity contribution is 7.89. The molecular weight excluding hydrogens is 538 g/mol. The van der Waals surface area contributed by atoms with Crippen molar-refractivity contribution in [3.63, 3.8) is 0 Å². The van der Waals surface area contributed by atoms with Crippen molar-refractivity contribution >= 4 is 34.3 Å². The number of benzene rings is 2. The Labute approximate surface area is 234 Å². The number of carbonyl (C=O) groups is 3. The molecule has 12 heteroatoms. The second-order valence-corrected chi connectivity index (χ2v) is 11.1. The number of nitrogens with zero attached hydrogens (tertiary/aromatic N) is 3. The lowest BCUT2D eigenvalue weighted by atomic mass is 9.79. The van der Waals surface area contributed by atoms with E-state index in [0.29, 0.717) is 18.7 Å². The molecule has 2 aromatic carbocycles. The summed E-state index contributed by atoms with van der Waals surface area (Å²) in [7, 11) is -2.01. The Morgan fingerprint density at radius 1 is 1.15 bits per heavy atom. The van der Waals surface area contributed by atoms with Crippen LogP contribution in [0.1, 0.15) is 43.6 Å². The maximum atomic E-state index is 14.2. The number of amides is 2. The summed E-state index contributed by atoms with van der Waals surface area (Å²) in [6.07, 6.45) is -0.988. The van der Waals surface area contributed by atoms with Gasteiger partial charge in [-0.3, -0.25) is 19.7 Å². The average Bonchev–Trinajstić information content (AvgIpc) is 3.20. The molecule has 40 heavy (non-hydrogen) atoms. The molecule has 2 amide bonds. The van der Waals surface area contributed by atoms with Gasteiger partial charge in [0.05, 0.1) is 49.2 Å². The fourth-order valence-electron chi connectivity index (χ4n) is 5.30. The van der Waals surface area contributed by atoms with Crippen molar-refractivity contribution in [2.75, 3.05) is 13.1 Å². The van der Waals surface area contributed by atoms with Crippen molar-refractivity contribution in [1.82, 2.24) is 9.80 Å². The predicted octanol–water partition coefficient (Wildman–Crippen LogP) is 3.00. The lowest BCUT2D eigenvalue weighted by molar-refractivity contribution is -0.384. The van der Waals surface area contributed by atoms with E-state index in [4.69, 9.17) is 4.74 Å². The van der Waals surface area contributed by atoms with Gasteiger partial charge < -0.3 is 19.6 Å². The number of nitro groups is 1. The number of rotatable bonds is 10. The number of hydrogen-bond donors (Lipinski definition) is 1. The molecule has 0 bridgehead atoms. The van der Waals surface area contributed by atoms with E-state index >= 15 is 0 Å². The normalized spacial score (nSPS) is 21.4. The van der Waals surface area contributed by atoms with Crippen molar-refractivity contribution in [2.24, 2.45) is 11.8 Å². The van der Waals surface area contributed by atoms with Crippen LogP contribution >= 0.6 is 0 Å². The summed E-state index contributed by atoms with van der Waals surface area (Å²) in [6, 6.07) is 11.3. The van der Waals surface area contributed by atoms with Crippen LogP contribution < -0.4 is 0 Å². The van der Waals surface area contributed by atoms with E-state index in [9.17, 15) is 33.8 Å². The minimum atomic E-state index is -2.01. The third-order valence-corrected chi connectivity index (χ3v) is 9.11. The van der Waals surface area contributed by atoms with Crippen LogP contribution in [0.25, 0.3) is 0 Å². The lowest BCUT2D eigenvalue weighted by Crippen LogP contribution is -2.63. The highest BCUT2D eigenvalue weighted by Crippen LogP contribution is 2.49. The molecule has 0 aliphatic carbocycles. The monoisotopic (exact) mass is 569 g/mol. The Hall–Kier alpha value is -3.90. The fourth-order valence-corrected chi connectivity index (χ4v) is 6.93. The number of β-lactam (4-membered cyclic amide) rings is 1. The second-order valence-electron chi connectivity index (χ2n) is 9.71. The van der Waals surface area contributed by atoms with Crippen LogP contribution in [0, 0.1) is 22.0 Å². The molecule has 5 atom stereocenters. The van der Waals surface area contributed by atoms with E-state index in [-0.39, 0.29) is 39.3 Å². The number of hydrogen-bond acceptors (Lipinski definition) is 8. The molecule has 2 aliphatic rings. The van der Waals surface area contributed by atoms with E-state index in [1.165, 1.54) is 36.1 Å². The molecule has 0 aromatic heterocycles. The third-order valence-electron chi connectivity index (χ3n) is 7.39. The van der Waals surface area contributed by atoms with E-state index in [0.717, 1.165) is 0 Å². The summed E-state index contributed by atoms with van der Waals surface area (Å²) in [5.74, 6) is -3.02. The number of ether oxygens (including phenoxy) is 1. The summed E-state index contributed by atoms with van der Waals surface area (Å²) in [5.41, 5.74) is 0.438. The van der Waals surface area contributed by atoms with E-state index < -0.39 is 51.6 Å². The van der Waals surface area contributed by atoms with Crippen molar-refractivity contribution in [2.45, 2.75) is 51.3 Å². The number of aliphatic hydroxyl groups is 1. The number of fused-ring (bicyclic) bond motifs is 1. The average molecular weight is 570 g/mol. The fraction of sp³-hybridized carbons (Fsp3) is 0.393. The van der Waals surface area contributed by atoms with Crippen LogP contribution in [0.3, 0.4) is 0 Å². The van der Waals surface area contributed by atoms with Gasteiger partial charge in [0.2, 0.25) is 5.91 Å². The number of nitro benzene ring substituents is 1. The summed E-state index contributed by atoms with van der Waals surface area (Å²) in [5, 5.41) is 21.2. The molecule has 2 heterocycles. The van der Waals surface area contributed by atoms with Crippen molar-refractivity contribution in [3.05, 3.63) is 80.4 Å². The third kappa shape index (κ3) is 5.04. The molecule has 4 unspecified atom stereocenters. The molecule has 0 radical (unpaired) electrons. The van der Waals surface area contributed by atoms with Gasteiger partial charge in [0.25, 0.3) is 11.6 Å². The van der Waals surface area contributed by atoms with Gasteiger partial charge in [-0.25, -0.2) is 9.00 Å². The molecule has 0 saturated carbocycles. The zero-order valence-corrected chi connectivity index (χ0v) is 23.4. The Morgan fingerprint density at radius 2 is 1.77 bits per heavy atom. The topological polar surface area (TPSA) is 147 Å². The van der Waals surface area contributed by atoms with Gasteiger partial charge in [-0.1, -0.05) is 19.1 Å². The number of esters is 1. The molecule has 0 spiro atoms. The smallest absolute Gasteiger partial charge is 0.356 e. The van der Waals surface area contributed by atoms with E-state index in [1.54, 1.807) is 36.1 Å². The number of aliphatic hydroxyl groups excluding tert-OH is 1. The number of non-ortho nitro benzene ring substituents is 1. The van der Waals surface area contributed by atoms with Crippen molar-refractivity contribution in [3.8, 4) is 0 Å². The minimum Gasteiger partial charge on any atom is -0.456 e. The summed E-state index contributed by atoms with van der Waals surface area (Å²) in [6.45, 7) is 7.58. The largest absolute Gasteiger partial charge is 0.456 e. The summed E-state index contributed by atoms with van der Waals surface area (Å²) < 4.78 is 19.7. The second kappa shape index (κ2) is 11.7. The zero-order valence-electron chi connectivity index (χ0n) is 22.6. The molecule has 1 N–H and O–H groups in total. The van der Waals surface area contributed by atoms with Gasteiger partial charge in [0, 0.05) is 31.1 Å². The Morgan fingerprint density at radius 3 is 2.35 bits per heavy atom. The van der Waals surface area contributed by atoms with Crippen molar-refractivity contribution in [1.29, 1.82) is 0 Å². The maximum absolute atomic E-state index is 14.2. The van der Waals surface area contributed by atoms with Crippen LogP contribution in [0.2, 0.25) is 0 Å². The molecular formula is C28H31N3O8S. The first kappa shape index (κ1) is 29.1. The first-order valence-corrected chi connectivity index (χ1v) is 14.1.